The summed E-state index contributed by atoms with van der Waals surface area (Å²) in [7, 11) is 3.15. The van der Waals surface area contributed by atoms with Crippen LogP contribution in [0.2, 0.25) is 0 Å². The first-order valence-corrected chi connectivity index (χ1v) is 6.87. The zero-order chi connectivity index (χ0) is 14.8. The molecule has 0 aliphatic heterocycles. The van der Waals surface area contributed by atoms with Gasteiger partial charge in [0, 0.05) is 18.9 Å². The minimum absolute atomic E-state index is 0.0271. The molecule has 0 bridgehead atoms. The van der Waals surface area contributed by atoms with Crippen LogP contribution in [0.15, 0.2) is 36.4 Å². The van der Waals surface area contributed by atoms with Crippen molar-refractivity contribution >= 4 is 5.97 Å². The van der Waals surface area contributed by atoms with Crippen LogP contribution < -0.4 is 0 Å². The monoisotopic (exact) mass is 274 g/mol. The molecule has 2 rings (SSSR count). The van der Waals surface area contributed by atoms with E-state index in [-0.39, 0.29) is 17.8 Å². The Balaban J connectivity index is 2.43. The molecular formula is C17H22O3. The van der Waals surface area contributed by atoms with Crippen LogP contribution in [0.4, 0.5) is 0 Å². The highest BCUT2D eigenvalue weighted by atomic mass is 16.5. The van der Waals surface area contributed by atoms with Gasteiger partial charge in [0.1, 0.15) is 0 Å². The van der Waals surface area contributed by atoms with E-state index in [4.69, 9.17) is 9.47 Å². The highest BCUT2D eigenvalue weighted by Crippen LogP contribution is 2.44. The molecule has 0 saturated carbocycles. The molecule has 1 aromatic carbocycles. The van der Waals surface area contributed by atoms with E-state index >= 15 is 0 Å². The Kier molecular flexibility index (Phi) is 4.29. The van der Waals surface area contributed by atoms with E-state index in [1.807, 2.05) is 26.0 Å². The Morgan fingerprint density at radius 1 is 1.15 bits per heavy atom. The number of benzene rings is 1. The zero-order valence-corrected chi connectivity index (χ0v) is 12.6. The molecule has 3 nitrogen and oxygen atoms in total. The number of methoxy groups -OCH3 is 2. The number of hydrogen-bond acceptors (Lipinski definition) is 3. The molecule has 1 aliphatic carbocycles. The number of allylic oxidation sites excluding steroid dienone is 1. The smallest absolute Gasteiger partial charge is 0.312 e. The highest BCUT2D eigenvalue weighted by molar-refractivity contribution is 5.78. The second kappa shape index (κ2) is 5.80. The summed E-state index contributed by atoms with van der Waals surface area (Å²) < 4.78 is 10.2. The molecule has 0 saturated heterocycles. The van der Waals surface area contributed by atoms with Crippen molar-refractivity contribution in [3.63, 3.8) is 0 Å². The van der Waals surface area contributed by atoms with Gasteiger partial charge in [-0.1, -0.05) is 36.4 Å². The van der Waals surface area contributed by atoms with E-state index < -0.39 is 5.41 Å². The molecule has 3 heteroatoms. The standard InChI is InChI=1S/C17H22O3/c1-17(2,16(18)20-4)15-10-9-12(11-19-3)13-7-5-6-8-14(13)15/h5-10,12,15H,11H2,1-4H3/t12-,15?/m0/s1. The van der Waals surface area contributed by atoms with Gasteiger partial charge < -0.3 is 9.47 Å². The van der Waals surface area contributed by atoms with Crippen LogP contribution in [0, 0.1) is 5.41 Å². The molecule has 0 amide bonds. The third-order valence-corrected chi connectivity index (χ3v) is 4.10. The van der Waals surface area contributed by atoms with Crippen molar-refractivity contribution in [1.29, 1.82) is 0 Å². The summed E-state index contributed by atoms with van der Waals surface area (Å²) in [5, 5.41) is 0. The van der Waals surface area contributed by atoms with Crippen LogP contribution in [0.1, 0.15) is 36.8 Å². The number of fused-ring (bicyclic) bond motifs is 1. The Labute approximate surface area is 120 Å². The van der Waals surface area contributed by atoms with Crippen LogP contribution in [0.5, 0.6) is 0 Å². The summed E-state index contributed by atoms with van der Waals surface area (Å²) in [6.07, 6.45) is 4.25. The van der Waals surface area contributed by atoms with Crippen LogP contribution in [0.3, 0.4) is 0 Å². The average molecular weight is 274 g/mol. The fourth-order valence-corrected chi connectivity index (χ4v) is 2.93. The molecule has 0 radical (unpaired) electrons. The lowest BCUT2D eigenvalue weighted by molar-refractivity contribution is -0.151. The maximum Gasteiger partial charge on any atom is 0.312 e. The minimum atomic E-state index is -0.584. The van der Waals surface area contributed by atoms with Crippen LogP contribution >= 0.6 is 0 Å². The number of carbonyl (C=O) groups excluding carboxylic acids is 1. The minimum Gasteiger partial charge on any atom is -0.469 e. The van der Waals surface area contributed by atoms with Gasteiger partial charge in [-0.25, -0.2) is 0 Å². The molecule has 0 fully saturated rings. The topological polar surface area (TPSA) is 35.5 Å². The van der Waals surface area contributed by atoms with Crippen LogP contribution in [-0.2, 0) is 14.3 Å². The highest BCUT2D eigenvalue weighted by Gasteiger charge is 2.40. The predicted molar refractivity (Wildman–Crippen MR) is 78.7 cm³/mol. The lowest BCUT2D eigenvalue weighted by Gasteiger charge is -2.35. The van der Waals surface area contributed by atoms with E-state index in [0.29, 0.717) is 6.61 Å². The Bertz CT molecular complexity index is 517. The molecule has 108 valence electrons. The third kappa shape index (κ3) is 2.50. The molecule has 0 heterocycles. The lowest BCUT2D eigenvalue weighted by Crippen LogP contribution is -2.33. The quantitative estimate of drug-likeness (QED) is 0.624. The average Bonchev–Trinajstić information content (AvgIpc) is 2.46. The van der Waals surface area contributed by atoms with Gasteiger partial charge in [-0.2, -0.15) is 0 Å². The van der Waals surface area contributed by atoms with E-state index in [1.165, 1.54) is 18.2 Å². The molecule has 1 unspecified atom stereocenters. The molecule has 1 aromatic rings. The Morgan fingerprint density at radius 2 is 1.80 bits per heavy atom. The van der Waals surface area contributed by atoms with Gasteiger partial charge in [-0.3, -0.25) is 4.79 Å². The molecule has 0 spiro atoms. The number of hydrogen-bond donors (Lipinski definition) is 0. The molecule has 2 atom stereocenters. The second-order valence-electron chi connectivity index (χ2n) is 5.77. The maximum absolute atomic E-state index is 12.1. The first kappa shape index (κ1) is 14.8. The summed E-state index contributed by atoms with van der Waals surface area (Å²) >= 11 is 0. The van der Waals surface area contributed by atoms with Crippen molar-refractivity contribution in [2.24, 2.45) is 5.41 Å². The van der Waals surface area contributed by atoms with Gasteiger partial charge in [0.2, 0.25) is 0 Å². The fraction of sp³-hybridized carbons (Fsp3) is 0.471. The van der Waals surface area contributed by atoms with Gasteiger partial charge in [0.05, 0.1) is 19.1 Å². The van der Waals surface area contributed by atoms with Crippen molar-refractivity contribution in [3.8, 4) is 0 Å². The fourth-order valence-electron chi connectivity index (χ4n) is 2.93. The van der Waals surface area contributed by atoms with Gasteiger partial charge in [-0.15, -0.1) is 0 Å². The van der Waals surface area contributed by atoms with Crippen molar-refractivity contribution < 1.29 is 14.3 Å². The van der Waals surface area contributed by atoms with Crippen LogP contribution in [-0.4, -0.2) is 26.8 Å². The summed E-state index contributed by atoms with van der Waals surface area (Å²) in [5.74, 6) is 0.0901. The number of rotatable bonds is 4. The largest absolute Gasteiger partial charge is 0.469 e. The second-order valence-corrected chi connectivity index (χ2v) is 5.77. The normalized spacial score (nSPS) is 21.4. The first-order chi connectivity index (χ1) is 9.52. The molecular weight excluding hydrogens is 252 g/mol. The van der Waals surface area contributed by atoms with Crippen molar-refractivity contribution in [3.05, 3.63) is 47.5 Å². The zero-order valence-electron chi connectivity index (χ0n) is 12.6. The maximum atomic E-state index is 12.1. The molecule has 20 heavy (non-hydrogen) atoms. The van der Waals surface area contributed by atoms with Gasteiger partial charge in [0.15, 0.2) is 0 Å². The van der Waals surface area contributed by atoms with Gasteiger partial charge in [-0.05, 0) is 25.0 Å². The summed E-state index contributed by atoms with van der Waals surface area (Å²) in [6.45, 7) is 4.52. The lowest BCUT2D eigenvalue weighted by atomic mass is 9.69. The van der Waals surface area contributed by atoms with Crippen molar-refractivity contribution in [2.45, 2.75) is 25.7 Å². The molecule has 1 aliphatic rings. The first-order valence-electron chi connectivity index (χ1n) is 6.87. The number of ether oxygens (including phenoxy) is 2. The van der Waals surface area contributed by atoms with E-state index in [9.17, 15) is 4.79 Å². The molecule has 0 N–H and O–H groups in total. The van der Waals surface area contributed by atoms with Crippen molar-refractivity contribution in [1.82, 2.24) is 0 Å². The Morgan fingerprint density at radius 3 is 2.40 bits per heavy atom. The predicted octanol–water partition coefficient (Wildman–Crippen LogP) is 3.27. The van der Waals surface area contributed by atoms with E-state index in [1.54, 1.807) is 7.11 Å². The number of esters is 1. The SMILES string of the molecule is COC[C@@H]1C=CC(C(C)(C)C(=O)OC)c2ccccc21. The van der Waals surface area contributed by atoms with Gasteiger partial charge >= 0.3 is 5.97 Å². The molecule has 0 aromatic heterocycles. The van der Waals surface area contributed by atoms with Gasteiger partial charge in [0.25, 0.3) is 0 Å². The van der Waals surface area contributed by atoms with E-state index in [2.05, 4.69) is 24.3 Å². The summed E-state index contributed by atoms with van der Waals surface area (Å²) in [4.78, 5) is 12.1. The van der Waals surface area contributed by atoms with Crippen LogP contribution in [0.25, 0.3) is 0 Å². The third-order valence-electron chi connectivity index (χ3n) is 4.10. The Hall–Kier alpha value is -1.61. The van der Waals surface area contributed by atoms with Crippen molar-refractivity contribution in [2.75, 3.05) is 20.8 Å². The number of carbonyl (C=O) groups is 1. The summed E-state index contributed by atoms with van der Waals surface area (Å²) in [6, 6.07) is 8.25. The van der Waals surface area contributed by atoms with E-state index in [0.717, 1.165) is 0 Å². The summed E-state index contributed by atoms with van der Waals surface area (Å²) in [5.41, 5.74) is 1.84.